The van der Waals surface area contributed by atoms with E-state index in [1.807, 2.05) is 31.2 Å². The number of ether oxygens (including phenoxy) is 2. The summed E-state index contributed by atoms with van der Waals surface area (Å²) in [5.74, 6) is 0.838. The van der Waals surface area contributed by atoms with Crippen molar-refractivity contribution in [1.82, 2.24) is 9.97 Å². The van der Waals surface area contributed by atoms with E-state index < -0.39 is 11.5 Å². The molecule has 0 aliphatic carbocycles. The van der Waals surface area contributed by atoms with Gasteiger partial charge in [0.1, 0.15) is 11.6 Å². The third-order valence-corrected chi connectivity index (χ3v) is 3.30. The van der Waals surface area contributed by atoms with Gasteiger partial charge in [-0.15, -0.1) is 0 Å². The van der Waals surface area contributed by atoms with E-state index in [1.165, 1.54) is 0 Å². The van der Waals surface area contributed by atoms with Crippen molar-refractivity contribution >= 4 is 5.97 Å². The van der Waals surface area contributed by atoms with Crippen LogP contribution in [-0.4, -0.2) is 23.0 Å². The van der Waals surface area contributed by atoms with Crippen molar-refractivity contribution in [3.8, 4) is 11.5 Å². The molecular formula is C17H20N2O4. The number of aryl methyl sites for hydroxylation is 1. The van der Waals surface area contributed by atoms with Crippen molar-refractivity contribution in [2.24, 2.45) is 0 Å². The van der Waals surface area contributed by atoms with E-state index in [0.29, 0.717) is 24.4 Å². The molecule has 0 amide bonds. The van der Waals surface area contributed by atoms with Gasteiger partial charge < -0.3 is 14.5 Å². The second-order valence-corrected chi connectivity index (χ2v) is 5.18. The molecule has 1 N–H and O–H groups in total. The second-order valence-electron chi connectivity index (χ2n) is 5.18. The average molecular weight is 316 g/mol. The summed E-state index contributed by atoms with van der Waals surface area (Å²) >= 11 is 0. The van der Waals surface area contributed by atoms with Crippen LogP contribution in [0, 0.1) is 6.92 Å². The standard InChI is InChI=1S/C17H20N2O4/c1-4-5-15(20)23-16-11(2)18-14(19-17(16)21)10-12-6-8-13(22-3)9-7-12/h6-9H,4-5,10H2,1-3H3,(H,18,19,21). The molecule has 0 aliphatic heterocycles. The normalized spacial score (nSPS) is 10.4. The smallest absolute Gasteiger partial charge is 0.311 e. The molecule has 2 rings (SSSR count). The largest absolute Gasteiger partial charge is 0.497 e. The Labute approximate surface area is 134 Å². The van der Waals surface area contributed by atoms with E-state index in [4.69, 9.17) is 9.47 Å². The quantitative estimate of drug-likeness (QED) is 0.828. The fourth-order valence-electron chi connectivity index (χ4n) is 2.14. The zero-order valence-corrected chi connectivity index (χ0v) is 13.5. The minimum absolute atomic E-state index is 0.0260. The first-order valence-electron chi connectivity index (χ1n) is 7.47. The van der Waals surface area contributed by atoms with Crippen molar-refractivity contribution in [2.45, 2.75) is 33.1 Å². The molecule has 0 saturated heterocycles. The number of hydrogen-bond donors (Lipinski definition) is 1. The number of nitrogens with zero attached hydrogens (tertiary/aromatic N) is 1. The summed E-state index contributed by atoms with van der Waals surface area (Å²) in [5.41, 5.74) is 0.955. The fourth-order valence-corrected chi connectivity index (χ4v) is 2.14. The van der Waals surface area contributed by atoms with Gasteiger partial charge in [0, 0.05) is 12.8 Å². The van der Waals surface area contributed by atoms with Crippen molar-refractivity contribution in [2.75, 3.05) is 7.11 Å². The molecule has 1 heterocycles. The predicted octanol–water partition coefficient (Wildman–Crippen LogP) is 2.38. The zero-order chi connectivity index (χ0) is 16.8. The number of methoxy groups -OCH3 is 1. The molecule has 1 aromatic carbocycles. The molecule has 0 unspecified atom stereocenters. The maximum atomic E-state index is 12.1. The lowest BCUT2D eigenvalue weighted by atomic mass is 10.1. The molecule has 0 spiro atoms. The van der Waals surface area contributed by atoms with Gasteiger partial charge in [0.05, 0.1) is 12.8 Å². The summed E-state index contributed by atoms with van der Waals surface area (Å²) in [6.45, 7) is 3.52. The van der Waals surface area contributed by atoms with Crippen LogP contribution in [0.5, 0.6) is 11.5 Å². The monoisotopic (exact) mass is 316 g/mol. The first-order chi connectivity index (χ1) is 11.0. The number of hydrogen-bond acceptors (Lipinski definition) is 5. The number of benzene rings is 1. The Kier molecular flexibility index (Phi) is 5.51. The molecule has 2 aromatic rings. The first-order valence-corrected chi connectivity index (χ1v) is 7.47. The van der Waals surface area contributed by atoms with E-state index in [1.54, 1.807) is 14.0 Å². The van der Waals surface area contributed by atoms with Crippen LogP contribution >= 0.6 is 0 Å². The summed E-state index contributed by atoms with van der Waals surface area (Å²) < 4.78 is 10.2. The van der Waals surface area contributed by atoms with Crippen LogP contribution in [0.1, 0.15) is 36.8 Å². The van der Waals surface area contributed by atoms with Gasteiger partial charge in [-0.05, 0) is 31.0 Å². The Morgan fingerprint density at radius 1 is 1.26 bits per heavy atom. The Morgan fingerprint density at radius 2 is 1.96 bits per heavy atom. The number of H-pyrrole nitrogens is 1. The van der Waals surface area contributed by atoms with Gasteiger partial charge in [-0.1, -0.05) is 19.1 Å². The lowest BCUT2D eigenvalue weighted by Gasteiger charge is -2.08. The van der Waals surface area contributed by atoms with E-state index in [0.717, 1.165) is 11.3 Å². The third kappa shape index (κ3) is 4.42. The Bertz CT molecular complexity index is 735. The SMILES string of the molecule is CCCC(=O)Oc1c(C)nc(Cc2ccc(OC)cc2)[nH]c1=O. The molecule has 0 fully saturated rings. The topological polar surface area (TPSA) is 81.3 Å². The number of aromatic amines is 1. The number of carbonyl (C=O) groups excluding carboxylic acids is 1. The summed E-state index contributed by atoms with van der Waals surface area (Å²) in [4.78, 5) is 30.6. The van der Waals surface area contributed by atoms with Gasteiger partial charge in [-0.2, -0.15) is 0 Å². The molecule has 23 heavy (non-hydrogen) atoms. The van der Waals surface area contributed by atoms with Crippen molar-refractivity contribution in [3.63, 3.8) is 0 Å². The minimum Gasteiger partial charge on any atom is -0.497 e. The Hall–Kier alpha value is -2.63. The van der Waals surface area contributed by atoms with Crippen molar-refractivity contribution in [3.05, 3.63) is 51.7 Å². The van der Waals surface area contributed by atoms with Crippen LogP contribution < -0.4 is 15.0 Å². The maximum Gasteiger partial charge on any atom is 0.311 e. The number of rotatable bonds is 6. The first kappa shape index (κ1) is 16.7. The predicted molar refractivity (Wildman–Crippen MR) is 85.9 cm³/mol. The van der Waals surface area contributed by atoms with E-state index >= 15 is 0 Å². The van der Waals surface area contributed by atoms with Crippen molar-refractivity contribution in [1.29, 1.82) is 0 Å². The molecule has 0 radical (unpaired) electrons. The van der Waals surface area contributed by atoms with Gasteiger partial charge >= 0.3 is 5.97 Å². The van der Waals surface area contributed by atoms with Crippen LogP contribution in [0.3, 0.4) is 0 Å². The fraction of sp³-hybridized carbons (Fsp3) is 0.353. The summed E-state index contributed by atoms with van der Waals surface area (Å²) in [7, 11) is 1.61. The molecule has 0 aliphatic rings. The lowest BCUT2D eigenvalue weighted by Crippen LogP contribution is -2.20. The number of carbonyl (C=O) groups is 1. The van der Waals surface area contributed by atoms with Gasteiger partial charge in [-0.25, -0.2) is 4.98 Å². The highest BCUT2D eigenvalue weighted by atomic mass is 16.5. The van der Waals surface area contributed by atoms with Crippen LogP contribution in [-0.2, 0) is 11.2 Å². The van der Waals surface area contributed by atoms with Crippen LogP contribution in [0.15, 0.2) is 29.1 Å². The van der Waals surface area contributed by atoms with E-state index in [2.05, 4.69) is 9.97 Å². The van der Waals surface area contributed by atoms with E-state index in [-0.39, 0.29) is 12.2 Å². The zero-order valence-electron chi connectivity index (χ0n) is 13.5. The number of aromatic nitrogens is 2. The Balaban J connectivity index is 2.18. The van der Waals surface area contributed by atoms with E-state index in [9.17, 15) is 9.59 Å². The Morgan fingerprint density at radius 3 is 2.52 bits per heavy atom. The van der Waals surface area contributed by atoms with Crippen LogP contribution in [0.2, 0.25) is 0 Å². The second kappa shape index (κ2) is 7.58. The molecule has 0 bridgehead atoms. The highest BCUT2D eigenvalue weighted by Gasteiger charge is 2.13. The van der Waals surface area contributed by atoms with Gasteiger partial charge in [0.15, 0.2) is 0 Å². The minimum atomic E-state index is -0.439. The molecule has 6 nitrogen and oxygen atoms in total. The third-order valence-electron chi connectivity index (χ3n) is 3.30. The highest BCUT2D eigenvalue weighted by molar-refractivity contribution is 5.72. The summed E-state index contributed by atoms with van der Waals surface area (Å²) in [6, 6.07) is 7.51. The molecular weight excluding hydrogens is 296 g/mol. The highest BCUT2D eigenvalue weighted by Crippen LogP contribution is 2.15. The summed E-state index contributed by atoms with van der Waals surface area (Å²) in [5, 5.41) is 0. The van der Waals surface area contributed by atoms with Gasteiger partial charge in [0.2, 0.25) is 5.75 Å². The van der Waals surface area contributed by atoms with Crippen LogP contribution in [0.4, 0.5) is 0 Å². The molecule has 122 valence electrons. The average Bonchev–Trinajstić information content (AvgIpc) is 2.52. The molecule has 6 heteroatoms. The van der Waals surface area contributed by atoms with Gasteiger partial charge in [-0.3, -0.25) is 9.59 Å². The molecule has 0 atom stereocenters. The van der Waals surface area contributed by atoms with Crippen molar-refractivity contribution < 1.29 is 14.3 Å². The van der Waals surface area contributed by atoms with Crippen LogP contribution in [0.25, 0.3) is 0 Å². The summed E-state index contributed by atoms with van der Waals surface area (Å²) in [6.07, 6.45) is 1.41. The number of nitrogens with one attached hydrogen (secondary N) is 1. The number of esters is 1. The maximum absolute atomic E-state index is 12.1. The molecule has 1 aromatic heterocycles. The van der Waals surface area contributed by atoms with Gasteiger partial charge in [0.25, 0.3) is 5.56 Å². The lowest BCUT2D eigenvalue weighted by molar-refractivity contribution is -0.134. The molecule has 0 saturated carbocycles.